The van der Waals surface area contributed by atoms with E-state index in [1.165, 1.54) is 12.0 Å². The van der Waals surface area contributed by atoms with Crippen LogP contribution < -0.4 is 0 Å². The minimum atomic E-state index is -0.691. The highest BCUT2D eigenvalue weighted by atomic mass is 16.7. The molecule has 0 saturated carbocycles. The van der Waals surface area contributed by atoms with E-state index >= 15 is 0 Å². The van der Waals surface area contributed by atoms with Crippen LogP contribution in [0.25, 0.3) is 0 Å². The monoisotopic (exact) mass is 357 g/mol. The Morgan fingerprint density at radius 1 is 1.04 bits per heavy atom. The molecular weight excluding hydrogens is 322 g/mol. The number of esters is 1. The zero-order valence-electron chi connectivity index (χ0n) is 16.7. The third-order valence-corrected chi connectivity index (χ3v) is 6.46. The molecule has 1 N–H and O–H groups in total. The van der Waals surface area contributed by atoms with Gasteiger partial charge in [0, 0.05) is 30.8 Å². The number of hydrogen-bond acceptors (Lipinski definition) is 6. The van der Waals surface area contributed by atoms with Crippen molar-refractivity contribution in [1.29, 1.82) is 0 Å². The summed E-state index contributed by atoms with van der Waals surface area (Å²) in [6, 6.07) is 0. The SMILES string of the molecule is CCC1(COC(C)=O)COC2(CC(C)(CC)N(O)C(C)(CC)C2)OC1. The molecule has 0 radical (unpaired) electrons. The van der Waals surface area contributed by atoms with Crippen molar-refractivity contribution in [2.24, 2.45) is 5.41 Å². The number of nitrogens with zero attached hydrogens (tertiary/aromatic N) is 1. The van der Waals surface area contributed by atoms with Gasteiger partial charge in [-0.2, -0.15) is 5.06 Å². The fraction of sp³-hybridized carbons (Fsp3) is 0.947. The van der Waals surface area contributed by atoms with Gasteiger partial charge < -0.3 is 19.4 Å². The van der Waals surface area contributed by atoms with E-state index < -0.39 is 16.9 Å². The van der Waals surface area contributed by atoms with Gasteiger partial charge in [-0.05, 0) is 33.1 Å². The molecule has 2 saturated heterocycles. The summed E-state index contributed by atoms with van der Waals surface area (Å²) in [5.74, 6) is -0.970. The van der Waals surface area contributed by atoms with Gasteiger partial charge in [-0.1, -0.05) is 20.8 Å². The van der Waals surface area contributed by atoms with Crippen LogP contribution in [0.2, 0.25) is 0 Å². The average Bonchev–Trinajstić information content (AvgIpc) is 2.60. The number of hydroxylamine groups is 2. The Morgan fingerprint density at radius 2 is 1.52 bits per heavy atom. The van der Waals surface area contributed by atoms with E-state index in [4.69, 9.17) is 14.2 Å². The fourth-order valence-electron chi connectivity index (χ4n) is 4.07. The second-order valence-electron chi connectivity index (χ2n) is 8.49. The van der Waals surface area contributed by atoms with Crippen LogP contribution in [-0.2, 0) is 19.0 Å². The predicted molar refractivity (Wildman–Crippen MR) is 94.2 cm³/mol. The number of ether oxygens (including phenoxy) is 3. The van der Waals surface area contributed by atoms with Crippen LogP contribution in [0, 0.1) is 5.41 Å². The van der Waals surface area contributed by atoms with Crippen LogP contribution in [0.15, 0.2) is 0 Å². The number of hydrogen-bond donors (Lipinski definition) is 1. The number of rotatable bonds is 5. The van der Waals surface area contributed by atoms with Crippen LogP contribution in [0.1, 0.15) is 73.6 Å². The molecule has 2 unspecified atom stereocenters. The first-order valence-electron chi connectivity index (χ1n) is 9.49. The molecule has 25 heavy (non-hydrogen) atoms. The molecule has 2 aliphatic heterocycles. The average molecular weight is 357 g/mol. The summed E-state index contributed by atoms with van der Waals surface area (Å²) in [7, 11) is 0. The lowest BCUT2D eigenvalue weighted by molar-refractivity contribution is -0.380. The fourth-order valence-corrected chi connectivity index (χ4v) is 4.07. The molecule has 0 aromatic heterocycles. The van der Waals surface area contributed by atoms with Gasteiger partial charge in [-0.3, -0.25) is 4.79 Å². The van der Waals surface area contributed by atoms with E-state index in [0.717, 1.165) is 19.3 Å². The largest absolute Gasteiger partial charge is 0.465 e. The van der Waals surface area contributed by atoms with Crippen LogP contribution in [0.3, 0.4) is 0 Å². The van der Waals surface area contributed by atoms with Gasteiger partial charge >= 0.3 is 5.97 Å². The Hall–Kier alpha value is -0.690. The molecule has 0 amide bonds. The van der Waals surface area contributed by atoms with Gasteiger partial charge in [-0.25, -0.2) is 0 Å². The third kappa shape index (κ3) is 3.87. The third-order valence-electron chi connectivity index (χ3n) is 6.46. The molecule has 1 spiro atoms. The zero-order chi connectivity index (χ0) is 18.9. The van der Waals surface area contributed by atoms with Gasteiger partial charge in [0.1, 0.15) is 6.61 Å². The van der Waals surface area contributed by atoms with Gasteiger partial charge in [0.2, 0.25) is 0 Å². The van der Waals surface area contributed by atoms with Gasteiger partial charge in [0.15, 0.2) is 5.79 Å². The molecule has 0 aromatic rings. The van der Waals surface area contributed by atoms with Crippen LogP contribution in [0.5, 0.6) is 0 Å². The van der Waals surface area contributed by atoms with E-state index in [9.17, 15) is 10.0 Å². The van der Waals surface area contributed by atoms with Crippen molar-refractivity contribution in [3.05, 3.63) is 0 Å². The summed E-state index contributed by atoms with van der Waals surface area (Å²) in [6.45, 7) is 13.1. The molecule has 0 bridgehead atoms. The molecule has 6 nitrogen and oxygen atoms in total. The van der Waals surface area contributed by atoms with Crippen molar-refractivity contribution >= 4 is 5.97 Å². The van der Waals surface area contributed by atoms with E-state index in [2.05, 4.69) is 34.6 Å². The molecule has 2 atom stereocenters. The van der Waals surface area contributed by atoms with E-state index in [1.54, 1.807) is 0 Å². The second-order valence-corrected chi connectivity index (χ2v) is 8.49. The topological polar surface area (TPSA) is 68.2 Å². The molecule has 2 aliphatic rings. The molecule has 146 valence electrons. The van der Waals surface area contributed by atoms with E-state index in [1.807, 2.05) is 0 Å². The molecule has 6 heteroatoms. The summed E-state index contributed by atoms with van der Waals surface area (Å²) in [5.41, 5.74) is -1.09. The summed E-state index contributed by atoms with van der Waals surface area (Å²) in [6.07, 6.45) is 3.67. The minimum absolute atomic E-state index is 0.279. The summed E-state index contributed by atoms with van der Waals surface area (Å²) in [4.78, 5) is 11.2. The summed E-state index contributed by atoms with van der Waals surface area (Å²) in [5, 5.41) is 12.3. The predicted octanol–water partition coefficient (Wildman–Crippen LogP) is 3.51. The second kappa shape index (κ2) is 7.14. The van der Waals surface area contributed by atoms with Gasteiger partial charge in [0.25, 0.3) is 0 Å². The number of carbonyl (C=O) groups excluding carboxylic acids is 1. The van der Waals surface area contributed by atoms with Crippen molar-refractivity contribution in [2.45, 2.75) is 90.5 Å². The smallest absolute Gasteiger partial charge is 0.302 e. The maximum Gasteiger partial charge on any atom is 0.302 e. The molecule has 0 aromatic carbocycles. The van der Waals surface area contributed by atoms with Crippen LogP contribution >= 0.6 is 0 Å². The highest BCUT2D eigenvalue weighted by molar-refractivity contribution is 5.65. The van der Waals surface area contributed by atoms with Crippen LogP contribution in [-0.4, -0.2) is 52.9 Å². The van der Waals surface area contributed by atoms with Crippen molar-refractivity contribution in [3.8, 4) is 0 Å². The first-order valence-corrected chi connectivity index (χ1v) is 9.49. The normalized spacial score (nSPS) is 42.5. The maximum absolute atomic E-state index is 11.2. The Balaban J connectivity index is 2.19. The number of piperidine rings is 1. The van der Waals surface area contributed by atoms with Gasteiger partial charge in [0.05, 0.1) is 18.6 Å². The first-order chi connectivity index (χ1) is 11.6. The van der Waals surface area contributed by atoms with Crippen LogP contribution in [0.4, 0.5) is 0 Å². The first kappa shape index (κ1) is 20.6. The van der Waals surface area contributed by atoms with E-state index in [0.29, 0.717) is 32.7 Å². The lowest BCUT2D eigenvalue weighted by atomic mass is 9.73. The minimum Gasteiger partial charge on any atom is -0.465 e. The molecule has 0 aliphatic carbocycles. The summed E-state index contributed by atoms with van der Waals surface area (Å²) >= 11 is 0. The van der Waals surface area contributed by atoms with Crippen molar-refractivity contribution in [1.82, 2.24) is 5.06 Å². The highest BCUT2D eigenvalue weighted by Crippen LogP contribution is 2.50. The lowest BCUT2D eigenvalue weighted by Gasteiger charge is -2.59. The highest BCUT2D eigenvalue weighted by Gasteiger charge is 2.58. The molecule has 2 fully saturated rings. The maximum atomic E-state index is 11.2. The van der Waals surface area contributed by atoms with E-state index in [-0.39, 0.29) is 11.4 Å². The Morgan fingerprint density at radius 3 is 1.88 bits per heavy atom. The number of carbonyl (C=O) groups is 1. The Kier molecular flexibility index (Phi) is 5.89. The van der Waals surface area contributed by atoms with Gasteiger partial charge in [-0.15, -0.1) is 0 Å². The summed E-state index contributed by atoms with van der Waals surface area (Å²) < 4.78 is 17.9. The van der Waals surface area contributed by atoms with Crippen molar-refractivity contribution in [3.63, 3.8) is 0 Å². The quantitative estimate of drug-likeness (QED) is 0.760. The molecule has 2 rings (SSSR count). The standard InChI is InChI=1S/C19H35NO5/c1-7-16(5)10-19(11-17(6,8-2)20(16)22)24-13-18(9-3,14-25-19)12-23-15(4)21/h22H,7-14H2,1-6H3. The zero-order valence-corrected chi connectivity index (χ0v) is 16.7. The molecular formula is C19H35NO5. The Labute approximate surface area is 151 Å². The molecule has 2 heterocycles. The van der Waals surface area contributed by atoms with Crippen molar-refractivity contribution < 1.29 is 24.2 Å². The van der Waals surface area contributed by atoms with Crippen molar-refractivity contribution in [2.75, 3.05) is 19.8 Å². The Bertz CT molecular complexity index is 466. The lowest BCUT2D eigenvalue weighted by Crippen LogP contribution is -2.69.